The molecule has 1 atom stereocenters. The molecule has 23 heavy (non-hydrogen) atoms. The number of thiazole rings is 1. The number of benzene rings is 1. The number of hydrogen-bond acceptors (Lipinski definition) is 4. The molecule has 1 aromatic heterocycles. The Labute approximate surface area is 141 Å². The maximum Gasteiger partial charge on any atom is 0.273 e. The van der Waals surface area contributed by atoms with Gasteiger partial charge in [0.15, 0.2) is 0 Å². The molecule has 0 saturated carbocycles. The zero-order valence-corrected chi connectivity index (χ0v) is 14.2. The van der Waals surface area contributed by atoms with E-state index in [1.807, 2.05) is 22.4 Å². The molecule has 2 aromatic rings. The van der Waals surface area contributed by atoms with Crippen molar-refractivity contribution in [1.82, 2.24) is 9.88 Å². The molecule has 1 saturated heterocycles. The van der Waals surface area contributed by atoms with E-state index < -0.39 is 0 Å². The van der Waals surface area contributed by atoms with Crippen LogP contribution in [0.2, 0.25) is 0 Å². The van der Waals surface area contributed by atoms with Gasteiger partial charge in [0.05, 0.1) is 12.6 Å². The molecule has 0 spiro atoms. The maximum atomic E-state index is 12.4. The third-order valence-electron chi connectivity index (χ3n) is 4.43. The van der Waals surface area contributed by atoms with Gasteiger partial charge in [-0.1, -0.05) is 12.1 Å². The highest BCUT2D eigenvalue weighted by atomic mass is 32.1. The van der Waals surface area contributed by atoms with Gasteiger partial charge in [0.1, 0.15) is 11.4 Å². The molecule has 1 aromatic carbocycles. The van der Waals surface area contributed by atoms with Crippen LogP contribution in [0.15, 0.2) is 35.2 Å². The molecule has 1 fully saturated rings. The first-order valence-electron chi connectivity index (χ1n) is 8.06. The molecule has 1 aliphatic heterocycles. The Morgan fingerprint density at radius 1 is 1.48 bits per heavy atom. The predicted octanol–water partition coefficient (Wildman–Crippen LogP) is 3.64. The van der Waals surface area contributed by atoms with E-state index in [4.69, 9.17) is 4.74 Å². The lowest BCUT2D eigenvalue weighted by molar-refractivity contribution is 0.0663. The minimum Gasteiger partial charge on any atom is -0.497 e. The largest absolute Gasteiger partial charge is 0.497 e. The summed E-state index contributed by atoms with van der Waals surface area (Å²) >= 11 is 1.47. The highest BCUT2D eigenvalue weighted by Gasteiger charge is 2.25. The van der Waals surface area contributed by atoms with E-state index in [9.17, 15) is 4.79 Å². The first-order valence-corrected chi connectivity index (χ1v) is 9.01. The highest BCUT2D eigenvalue weighted by molar-refractivity contribution is 7.07. The third kappa shape index (κ3) is 4.10. The van der Waals surface area contributed by atoms with E-state index in [2.05, 4.69) is 17.1 Å². The fraction of sp³-hybridized carbons (Fsp3) is 0.444. The minimum absolute atomic E-state index is 0.0809. The topological polar surface area (TPSA) is 42.4 Å². The number of likely N-dealkylation sites (tertiary alicyclic amines) is 1. The van der Waals surface area contributed by atoms with Crippen molar-refractivity contribution in [2.45, 2.75) is 25.7 Å². The summed E-state index contributed by atoms with van der Waals surface area (Å²) in [6.07, 6.45) is 4.41. The number of carbonyl (C=O) groups excluding carboxylic acids is 1. The molecule has 3 rings (SSSR count). The molecule has 0 N–H and O–H groups in total. The molecule has 0 bridgehead atoms. The molecule has 1 amide bonds. The number of aryl methyl sites for hydroxylation is 1. The maximum absolute atomic E-state index is 12.4. The predicted molar refractivity (Wildman–Crippen MR) is 92.1 cm³/mol. The fourth-order valence-electron chi connectivity index (χ4n) is 3.16. The monoisotopic (exact) mass is 330 g/mol. The molecule has 122 valence electrons. The first kappa shape index (κ1) is 16.0. The Balaban J connectivity index is 1.55. The fourth-order valence-corrected chi connectivity index (χ4v) is 3.69. The van der Waals surface area contributed by atoms with Crippen LogP contribution in [-0.4, -0.2) is 36.0 Å². The second kappa shape index (κ2) is 7.59. The van der Waals surface area contributed by atoms with Crippen molar-refractivity contribution in [3.8, 4) is 5.75 Å². The summed E-state index contributed by atoms with van der Waals surface area (Å²) in [6.45, 7) is 1.70. The molecular weight excluding hydrogens is 308 g/mol. The zero-order chi connectivity index (χ0) is 16.1. The SMILES string of the molecule is COc1cccc(CC[C@H]2CCCN(C(=O)c3cscn3)C2)c1. The van der Waals surface area contributed by atoms with Gasteiger partial charge in [0.2, 0.25) is 0 Å². The Bertz CT molecular complexity index is 642. The molecule has 1 aliphatic rings. The highest BCUT2D eigenvalue weighted by Crippen LogP contribution is 2.24. The zero-order valence-electron chi connectivity index (χ0n) is 13.4. The van der Waals surface area contributed by atoms with Gasteiger partial charge in [0, 0.05) is 18.5 Å². The summed E-state index contributed by atoms with van der Waals surface area (Å²) < 4.78 is 5.28. The summed E-state index contributed by atoms with van der Waals surface area (Å²) in [5, 5.41) is 1.84. The molecule has 5 heteroatoms. The average molecular weight is 330 g/mol. The van der Waals surface area contributed by atoms with Crippen molar-refractivity contribution in [2.75, 3.05) is 20.2 Å². The van der Waals surface area contributed by atoms with Crippen molar-refractivity contribution in [1.29, 1.82) is 0 Å². The van der Waals surface area contributed by atoms with Crippen LogP contribution < -0.4 is 4.74 Å². The number of piperidine rings is 1. The van der Waals surface area contributed by atoms with E-state index in [0.717, 1.165) is 38.1 Å². The van der Waals surface area contributed by atoms with E-state index >= 15 is 0 Å². The number of ether oxygens (including phenoxy) is 1. The quantitative estimate of drug-likeness (QED) is 0.840. The summed E-state index contributed by atoms with van der Waals surface area (Å²) in [5.74, 6) is 1.56. The van der Waals surface area contributed by atoms with Crippen LogP contribution in [0.3, 0.4) is 0 Å². The van der Waals surface area contributed by atoms with Crippen molar-refractivity contribution in [2.24, 2.45) is 5.92 Å². The van der Waals surface area contributed by atoms with Gasteiger partial charge in [-0.15, -0.1) is 11.3 Å². The van der Waals surface area contributed by atoms with Gasteiger partial charge >= 0.3 is 0 Å². The van der Waals surface area contributed by atoms with Crippen molar-refractivity contribution < 1.29 is 9.53 Å². The Hall–Kier alpha value is -1.88. The van der Waals surface area contributed by atoms with Crippen LogP contribution in [0.5, 0.6) is 5.75 Å². The van der Waals surface area contributed by atoms with Gasteiger partial charge in [0.25, 0.3) is 5.91 Å². The smallest absolute Gasteiger partial charge is 0.273 e. The number of methoxy groups -OCH3 is 1. The van der Waals surface area contributed by atoms with Crippen molar-refractivity contribution >= 4 is 17.2 Å². The minimum atomic E-state index is 0.0809. The van der Waals surface area contributed by atoms with Crippen molar-refractivity contribution in [3.63, 3.8) is 0 Å². The lowest BCUT2D eigenvalue weighted by Gasteiger charge is -2.32. The second-order valence-electron chi connectivity index (χ2n) is 6.02. The molecule has 0 aliphatic carbocycles. The number of carbonyl (C=O) groups is 1. The van der Waals surface area contributed by atoms with E-state index in [0.29, 0.717) is 11.6 Å². The second-order valence-corrected chi connectivity index (χ2v) is 6.74. The molecule has 4 nitrogen and oxygen atoms in total. The summed E-state index contributed by atoms with van der Waals surface area (Å²) in [4.78, 5) is 18.5. The number of nitrogens with zero attached hydrogens (tertiary/aromatic N) is 2. The van der Waals surface area contributed by atoms with Crippen molar-refractivity contribution in [3.05, 3.63) is 46.4 Å². The van der Waals surface area contributed by atoms with Gasteiger partial charge in [-0.3, -0.25) is 4.79 Å². The van der Waals surface area contributed by atoms with Crippen LogP contribution in [0, 0.1) is 5.92 Å². The molecule has 0 unspecified atom stereocenters. The lowest BCUT2D eigenvalue weighted by atomic mass is 9.91. The lowest BCUT2D eigenvalue weighted by Crippen LogP contribution is -2.40. The number of aromatic nitrogens is 1. The van der Waals surface area contributed by atoms with Gasteiger partial charge in [-0.05, 0) is 49.3 Å². The number of rotatable bonds is 5. The van der Waals surface area contributed by atoms with Crippen LogP contribution in [0.25, 0.3) is 0 Å². The van der Waals surface area contributed by atoms with Gasteiger partial charge in [-0.2, -0.15) is 0 Å². The van der Waals surface area contributed by atoms with Gasteiger partial charge < -0.3 is 9.64 Å². The first-order chi connectivity index (χ1) is 11.3. The van der Waals surface area contributed by atoms with Crippen LogP contribution >= 0.6 is 11.3 Å². The van der Waals surface area contributed by atoms with E-state index in [-0.39, 0.29) is 5.91 Å². The van der Waals surface area contributed by atoms with E-state index in [1.165, 1.54) is 23.3 Å². The van der Waals surface area contributed by atoms with Crippen LogP contribution in [-0.2, 0) is 6.42 Å². The Morgan fingerprint density at radius 3 is 3.17 bits per heavy atom. The van der Waals surface area contributed by atoms with Crippen LogP contribution in [0.4, 0.5) is 0 Å². The summed E-state index contributed by atoms with van der Waals surface area (Å²) in [5.41, 5.74) is 3.60. The normalized spacial score (nSPS) is 18.0. The Morgan fingerprint density at radius 2 is 2.39 bits per heavy atom. The number of hydrogen-bond donors (Lipinski definition) is 0. The molecule has 0 radical (unpaired) electrons. The third-order valence-corrected chi connectivity index (χ3v) is 5.02. The average Bonchev–Trinajstić information content (AvgIpc) is 3.14. The standard InChI is InChI=1S/C18H22N2O2S/c1-22-16-6-2-4-14(10-16)7-8-15-5-3-9-20(11-15)18(21)17-12-23-13-19-17/h2,4,6,10,12-13,15H,3,5,7-9,11H2,1H3/t15-/m1/s1. The number of amides is 1. The van der Waals surface area contributed by atoms with E-state index in [1.54, 1.807) is 12.6 Å². The molecule has 2 heterocycles. The molecular formula is C18H22N2O2S. The van der Waals surface area contributed by atoms with Gasteiger partial charge in [-0.25, -0.2) is 4.98 Å². The Kier molecular flexibility index (Phi) is 5.28. The summed E-state index contributed by atoms with van der Waals surface area (Å²) in [6, 6.07) is 8.25. The van der Waals surface area contributed by atoms with Crippen LogP contribution in [0.1, 0.15) is 35.3 Å². The summed E-state index contributed by atoms with van der Waals surface area (Å²) in [7, 11) is 1.70.